The standard InChI is InChI=1S/2C4H6N2.2BrH/c2*1-6-3-2-5-4-6;;/h2*2-4H,1H3;2*1H. The molecule has 0 saturated heterocycles. The van der Waals surface area contributed by atoms with Gasteiger partial charge in [-0.25, -0.2) is 9.98 Å². The highest BCUT2D eigenvalue weighted by molar-refractivity contribution is 5.47. The van der Waals surface area contributed by atoms with E-state index >= 15 is 0 Å². The topological polar surface area (TPSA) is 33.6 Å². The van der Waals surface area contributed by atoms with E-state index in [9.17, 15) is 0 Å². The van der Waals surface area contributed by atoms with Crippen LogP contribution in [0.25, 0.3) is 0 Å². The van der Waals surface area contributed by atoms with Crippen LogP contribution in [0, 0.1) is 0 Å². The van der Waals surface area contributed by atoms with Crippen molar-refractivity contribution in [2.75, 3.05) is 14.1 Å². The van der Waals surface area contributed by atoms with Gasteiger partial charge in [0.25, 0.3) is 0 Å². The summed E-state index contributed by atoms with van der Waals surface area (Å²) in [7, 11) is 4.04. The Morgan fingerprint density at radius 3 is 1.21 bits per heavy atom. The molecule has 2 aliphatic rings. The molecule has 0 bridgehead atoms. The molecule has 2 rings (SSSR count). The zero-order valence-electron chi connectivity index (χ0n) is 8.11. The van der Waals surface area contributed by atoms with E-state index in [0.717, 1.165) is 0 Å². The normalized spacial score (nSPS) is 25.0. The van der Waals surface area contributed by atoms with Gasteiger partial charge in [-0.3, -0.25) is 9.80 Å². The Balaban J connectivity index is 0. The number of nitrogens with one attached hydrogen (secondary N) is 2. The molecule has 2 unspecified atom stereocenters. The Morgan fingerprint density at radius 2 is 1.14 bits per heavy atom. The van der Waals surface area contributed by atoms with E-state index in [1.807, 2.05) is 39.2 Å². The van der Waals surface area contributed by atoms with Crippen molar-refractivity contribution in [3.8, 4) is 0 Å². The fourth-order valence-corrected chi connectivity index (χ4v) is 0.728. The molecule has 2 heterocycles. The maximum Gasteiger partial charge on any atom is 0.192 e. The lowest BCUT2D eigenvalue weighted by molar-refractivity contribution is -0.710. The van der Waals surface area contributed by atoms with Crippen LogP contribution in [0.2, 0.25) is 0 Å². The zero-order chi connectivity index (χ0) is 8.81. The van der Waals surface area contributed by atoms with Crippen molar-refractivity contribution in [1.29, 1.82) is 0 Å². The van der Waals surface area contributed by atoms with Crippen molar-refractivity contribution in [1.82, 2.24) is 0 Å². The molecule has 2 atom stereocenters. The molecule has 4 nitrogen and oxygen atoms in total. The predicted molar refractivity (Wildman–Crippen MR) is 49.0 cm³/mol. The monoisotopic (exact) mass is 324 g/mol. The van der Waals surface area contributed by atoms with Crippen LogP contribution in [0.5, 0.6) is 0 Å². The van der Waals surface area contributed by atoms with Crippen LogP contribution in [0.4, 0.5) is 0 Å². The van der Waals surface area contributed by atoms with Gasteiger partial charge in [-0.05, 0) is 0 Å². The van der Waals surface area contributed by atoms with Gasteiger partial charge in [-0.2, -0.15) is 0 Å². The van der Waals surface area contributed by atoms with Crippen LogP contribution >= 0.6 is 0 Å². The van der Waals surface area contributed by atoms with Gasteiger partial charge in [-0.1, -0.05) is 0 Å². The lowest BCUT2D eigenvalue weighted by atomic mass is 10.9. The van der Waals surface area contributed by atoms with Crippen molar-refractivity contribution in [2.24, 2.45) is 9.98 Å². The molecular weight excluding hydrogens is 312 g/mol. The van der Waals surface area contributed by atoms with Crippen LogP contribution < -0.4 is 43.8 Å². The van der Waals surface area contributed by atoms with E-state index in [0.29, 0.717) is 0 Å². The number of hydrogen-bond donors (Lipinski definition) is 2. The number of quaternary nitrogens is 2. The van der Waals surface area contributed by atoms with Crippen molar-refractivity contribution in [3.63, 3.8) is 0 Å². The van der Waals surface area contributed by atoms with E-state index < -0.39 is 0 Å². The second kappa shape index (κ2) is 9.26. The van der Waals surface area contributed by atoms with Gasteiger partial charge in [0.2, 0.25) is 0 Å². The van der Waals surface area contributed by atoms with Crippen LogP contribution in [0.1, 0.15) is 0 Å². The third-order valence-electron chi connectivity index (χ3n) is 1.40. The first-order chi connectivity index (χ1) is 5.79. The molecule has 0 saturated carbocycles. The fourth-order valence-electron chi connectivity index (χ4n) is 0.728. The summed E-state index contributed by atoms with van der Waals surface area (Å²) in [5.74, 6) is 0. The Kier molecular flexibility index (Phi) is 10.7. The molecule has 80 valence electrons. The van der Waals surface area contributed by atoms with Gasteiger partial charge in [0, 0.05) is 0 Å². The molecule has 6 heteroatoms. The average molecular weight is 326 g/mol. The molecule has 14 heavy (non-hydrogen) atoms. The highest BCUT2D eigenvalue weighted by Crippen LogP contribution is 1.66. The van der Waals surface area contributed by atoms with Gasteiger partial charge >= 0.3 is 0 Å². The Bertz CT molecular complexity index is 198. The maximum atomic E-state index is 3.82. The Hall–Kier alpha value is -0.300. The summed E-state index contributed by atoms with van der Waals surface area (Å²) in [5, 5.41) is 0. The molecule has 0 amide bonds. The van der Waals surface area contributed by atoms with E-state index in [1.54, 1.807) is 12.4 Å². The van der Waals surface area contributed by atoms with E-state index in [2.05, 4.69) is 9.98 Å². The van der Waals surface area contributed by atoms with Crippen LogP contribution in [-0.4, -0.2) is 26.8 Å². The Morgan fingerprint density at radius 1 is 0.786 bits per heavy atom. The lowest BCUT2D eigenvalue weighted by Gasteiger charge is -1.87. The van der Waals surface area contributed by atoms with Crippen molar-refractivity contribution < 1.29 is 43.8 Å². The molecule has 0 aromatic rings. The molecule has 0 aliphatic carbocycles. The quantitative estimate of drug-likeness (QED) is 0.444. The highest BCUT2D eigenvalue weighted by atomic mass is 79.9. The largest absolute Gasteiger partial charge is 1.00 e. The minimum Gasteiger partial charge on any atom is -1.00 e. The Labute approximate surface area is 105 Å². The molecule has 0 aromatic carbocycles. The average Bonchev–Trinajstić information content (AvgIpc) is 2.63. The first-order valence-electron chi connectivity index (χ1n) is 3.85. The van der Waals surface area contributed by atoms with Crippen LogP contribution in [0.15, 0.2) is 34.8 Å². The minimum atomic E-state index is 0. The summed E-state index contributed by atoms with van der Waals surface area (Å²) in [6.07, 6.45) is 11.2. The number of rotatable bonds is 0. The molecule has 0 spiro atoms. The smallest absolute Gasteiger partial charge is 0.192 e. The summed E-state index contributed by atoms with van der Waals surface area (Å²) >= 11 is 0. The second-order valence-corrected chi connectivity index (χ2v) is 2.68. The van der Waals surface area contributed by atoms with Crippen molar-refractivity contribution in [2.45, 2.75) is 0 Å². The van der Waals surface area contributed by atoms with Gasteiger partial charge in [0.1, 0.15) is 12.4 Å². The van der Waals surface area contributed by atoms with Gasteiger partial charge < -0.3 is 34.0 Å². The number of halogens is 2. The fraction of sp³-hybridized carbons (Fsp3) is 0.250. The summed E-state index contributed by atoms with van der Waals surface area (Å²) in [4.78, 5) is 10.1. The highest BCUT2D eigenvalue weighted by Gasteiger charge is 1.91. The second-order valence-electron chi connectivity index (χ2n) is 2.68. The molecular formula is C8H14Br2N4. The minimum absolute atomic E-state index is 0. The maximum absolute atomic E-state index is 3.82. The number of aliphatic imine (C=N–C) groups is 2. The molecule has 0 aromatic heterocycles. The first kappa shape index (κ1) is 16.1. The van der Waals surface area contributed by atoms with Crippen molar-refractivity contribution >= 4 is 12.7 Å². The summed E-state index contributed by atoms with van der Waals surface area (Å²) in [6, 6.07) is 0. The van der Waals surface area contributed by atoms with E-state index in [1.165, 1.54) is 9.80 Å². The SMILES string of the molecule is C[NH+]1C=CN=C1.C[NH+]1C=CN=C1.[Br-].[Br-]. The van der Waals surface area contributed by atoms with Crippen LogP contribution in [-0.2, 0) is 0 Å². The summed E-state index contributed by atoms with van der Waals surface area (Å²) < 4.78 is 0. The zero-order valence-corrected chi connectivity index (χ0v) is 11.3. The summed E-state index contributed by atoms with van der Waals surface area (Å²) in [6.45, 7) is 0. The first-order valence-corrected chi connectivity index (χ1v) is 3.85. The third kappa shape index (κ3) is 7.14. The van der Waals surface area contributed by atoms with Gasteiger partial charge in [0.15, 0.2) is 12.7 Å². The molecule has 2 aliphatic heterocycles. The lowest BCUT2D eigenvalue weighted by Crippen LogP contribution is -3.01. The number of nitrogens with zero attached hydrogens (tertiary/aromatic N) is 2. The summed E-state index contributed by atoms with van der Waals surface area (Å²) in [5.41, 5.74) is 0. The van der Waals surface area contributed by atoms with Gasteiger partial charge in [-0.15, -0.1) is 0 Å². The van der Waals surface area contributed by atoms with Crippen LogP contribution in [0.3, 0.4) is 0 Å². The predicted octanol–water partition coefficient (Wildman–Crippen LogP) is -7.96. The molecule has 0 fully saturated rings. The van der Waals surface area contributed by atoms with Gasteiger partial charge in [0.05, 0.1) is 26.5 Å². The van der Waals surface area contributed by atoms with Crippen molar-refractivity contribution in [3.05, 3.63) is 24.8 Å². The molecule has 0 radical (unpaired) electrons. The van der Waals surface area contributed by atoms with E-state index in [-0.39, 0.29) is 34.0 Å². The molecule has 2 N–H and O–H groups in total. The van der Waals surface area contributed by atoms with E-state index in [4.69, 9.17) is 0 Å². The number of hydrogen-bond acceptors (Lipinski definition) is 2. The third-order valence-corrected chi connectivity index (χ3v) is 1.40.